The lowest BCUT2D eigenvalue weighted by atomic mass is 9.91. The third-order valence-electron chi connectivity index (χ3n) is 4.83. The minimum absolute atomic E-state index is 0.0268. The zero-order valence-corrected chi connectivity index (χ0v) is 13.7. The van der Waals surface area contributed by atoms with Crippen molar-refractivity contribution in [1.82, 2.24) is 15.0 Å². The van der Waals surface area contributed by atoms with Crippen molar-refractivity contribution in [3.63, 3.8) is 0 Å². The van der Waals surface area contributed by atoms with E-state index in [4.69, 9.17) is 9.26 Å². The van der Waals surface area contributed by atoms with Crippen LogP contribution in [0.5, 0.6) is 0 Å². The highest BCUT2D eigenvalue weighted by molar-refractivity contribution is 5.85. The van der Waals surface area contributed by atoms with Crippen molar-refractivity contribution < 1.29 is 27.9 Å². The van der Waals surface area contributed by atoms with Crippen molar-refractivity contribution in [2.75, 3.05) is 13.2 Å². The molecule has 1 aromatic heterocycles. The van der Waals surface area contributed by atoms with Gasteiger partial charge in [0, 0.05) is 6.54 Å². The number of halogens is 2. The molecule has 24 heavy (non-hydrogen) atoms. The van der Waals surface area contributed by atoms with E-state index in [9.17, 15) is 18.7 Å². The molecule has 1 saturated carbocycles. The second kappa shape index (κ2) is 6.03. The van der Waals surface area contributed by atoms with Crippen LogP contribution >= 0.6 is 0 Å². The van der Waals surface area contributed by atoms with Gasteiger partial charge in [0.2, 0.25) is 0 Å². The molecule has 3 rings (SSSR count). The van der Waals surface area contributed by atoms with E-state index >= 15 is 0 Å². The van der Waals surface area contributed by atoms with Gasteiger partial charge in [-0.25, -0.2) is 0 Å². The highest BCUT2D eigenvalue weighted by Crippen LogP contribution is 2.44. The monoisotopic (exact) mass is 345 g/mol. The number of carbonyl (C=O) groups is 1. The lowest BCUT2D eigenvalue weighted by Crippen LogP contribution is -2.60. The Balaban J connectivity index is 1.91. The number of carbonyl (C=O) groups excluding carboxylic acids is 1. The van der Waals surface area contributed by atoms with Crippen molar-refractivity contribution in [3.05, 3.63) is 11.7 Å². The summed E-state index contributed by atoms with van der Waals surface area (Å²) >= 11 is 0. The number of morpholine rings is 1. The molecule has 2 aliphatic rings. The van der Waals surface area contributed by atoms with Gasteiger partial charge in [-0.3, -0.25) is 4.79 Å². The van der Waals surface area contributed by atoms with Gasteiger partial charge in [-0.2, -0.15) is 13.8 Å². The first kappa shape index (κ1) is 17.2. The summed E-state index contributed by atoms with van der Waals surface area (Å²) in [6, 6.07) is -0.900. The SMILES string of the molecule is Cc1noc([C@@H]2[C@@H](C)OCCN2C(=O)C(F)(F)C2(O)CCCC2)n1. The summed E-state index contributed by atoms with van der Waals surface area (Å²) in [6.07, 6.45) is 0.207. The van der Waals surface area contributed by atoms with E-state index in [2.05, 4.69) is 10.1 Å². The maximum atomic E-state index is 14.8. The van der Waals surface area contributed by atoms with E-state index in [-0.39, 0.29) is 31.9 Å². The lowest BCUT2D eigenvalue weighted by molar-refractivity contribution is -0.209. The van der Waals surface area contributed by atoms with Gasteiger partial charge in [-0.05, 0) is 26.7 Å². The van der Waals surface area contributed by atoms with Crippen LogP contribution < -0.4 is 0 Å². The highest BCUT2D eigenvalue weighted by atomic mass is 19.3. The molecule has 0 aromatic carbocycles. The average Bonchev–Trinajstić information content (AvgIpc) is 3.16. The molecule has 2 fully saturated rings. The maximum absolute atomic E-state index is 14.8. The number of rotatable bonds is 3. The summed E-state index contributed by atoms with van der Waals surface area (Å²) in [5.74, 6) is -4.88. The fourth-order valence-electron chi connectivity index (χ4n) is 3.47. The minimum Gasteiger partial charge on any atom is -0.383 e. The average molecular weight is 345 g/mol. The van der Waals surface area contributed by atoms with E-state index in [1.165, 1.54) is 0 Å². The van der Waals surface area contributed by atoms with Crippen LogP contribution in [0.25, 0.3) is 0 Å². The number of nitrogens with zero attached hydrogens (tertiary/aromatic N) is 3. The van der Waals surface area contributed by atoms with Gasteiger partial charge < -0.3 is 19.3 Å². The van der Waals surface area contributed by atoms with Gasteiger partial charge in [0.05, 0.1) is 12.7 Å². The van der Waals surface area contributed by atoms with Crippen LogP contribution in [-0.4, -0.2) is 56.8 Å². The number of ether oxygens (including phenoxy) is 1. The zero-order valence-electron chi connectivity index (χ0n) is 13.7. The molecule has 0 radical (unpaired) electrons. The summed E-state index contributed by atoms with van der Waals surface area (Å²) in [6.45, 7) is 3.36. The van der Waals surface area contributed by atoms with E-state index in [0.717, 1.165) is 4.90 Å². The maximum Gasteiger partial charge on any atom is 0.352 e. The molecule has 1 saturated heterocycles. The van der Waals surface area contributed by atoms with Gasteiger partial charge >= 0.3 is 5.92 Å². The number of hydrogen-bond acceptors (Lipinski definition) is 6. The van der Waals surface area contributed by atoms with Gasteiger partial charge in [0.25, 0.3) is 11.8 Å². The van der Waals surface area contributed by atoms with E-state index in [0.29, 0.717) is 18.7 Å². The predicted octanol–water partition coefficient (Wildman–Crippen LogP) is 1.61. The Morgan fingerprint density at radius 1 is 1.42 bits per heavy atom. The molecule has 0 spiro atoms. The predicted molar refractivity (Wildman–Crippen MR) is 77.3 cm³/mol. The molecule has 2 atom stereocenters. The number of aryl methyl sites for hydroxylation is 1. The normalized spacial score (nSPS) is 27.5. The fraction of sp³-hybridized carbons (Fsp3) is 0.800. The molecular weight excluding hydrogens is 324 g/mol. The molecule has 1 aliphatic carbocycles. The summed E-state index contributed by atoms with van der Waals surface area (Å²) < 4.78 is 40.1. The van der Waals surface area contributed by atoms with Gasteiger partial charge in [-0.1, -0.05) is 18.0 Å². The lowest BCUT2D eigenvalue weighted by Gasteiger charge is -2.41. The number of alkyl halides is 2. The molecule has 2 heterocycles. The molecule has 9 heteroatoms. The highest BCUT2D eigenvalue weighted by Gasteiger charge is 2.61. The van der Waals surface area contributed by atoms with Crippen LogP contribution in [0, 0.1) is 6.92 Å². The second-order valence-electron chi connectivity index (χ2n) is 6.51. The Hall–Kier alpha value is -1.61. The topological polar surface area (TPSA) is 88.7 Å². The quantitative estimate of drug-likeness (QED) is 0.895. The Kier molecular flexibility index (Phi) is 4.33. The number of aliphatic hydroxyl groups is 1. The summed E-state index contributed by atoms with van der Waals surface area (Å²) in [5.41, 5.74) is -2.29. The Labute approximate surface area is 138 Å². The largest absolute Gasteiger partial charge is 0.383 e. The fourth-order valence-corrected chi connectivity index (χ4v) is 3.47. The molecule has 1 aliphatic heterocycles. The van der Waals surface area contributed by atoms with Crippen LogP contribution in [0.4, 0.5) is 8.78 Å². The van der Waals surface area contributed by atoms with Crippen LogP contribution in [0.2, 0.25) is 0 Å². The Bertz CT molecular complexity index is 616. The molecule has 0 bridgehead atoms. The molecule has 0 unspecified atom stereocenters. The van der Waals surface area contributed by atoms with Crippen LogP contribution in [0.3, 0.4) is 0 Å². The first-order chi connectivity index (χ1) is 11.3. The Morgan fingerprint density at radius 2 is 2.08 bits per heavy atom. The summed E-state index contributed by atoms with van der Waals surface area (Å²) in [7, 11) is 0. The van der Waals surface area contributed by atoms with Gasteiger partial charge in [-0.15, -0.1) is 0 Å². The minimum atomic E-state index is -3.87. The molecular formula is C15H21F2N3O4. The van der Waals surface area contributed by atoms with Crippen molar-refractivity contribution in [2.45, 2.75) is 63.2 Å². The molecule has 1 N–H and O–H groups in total. The van der Waals surface area contributed by atoms with Crippen LogP contribution in [0.15, 0.2) is 4.52 Å². The van der Waals surface area contributed by atoms with E-state index < -0.39 is 29.6 Å². The van der Waals surface area contributed by atoms with Crippen molar-refractivity contribution in [3.8, 4) is 0 Å². The van der Waals surface area contributed by atoms with E-state index in [1.807, 2.05) is 0 Å². The van der Waals surface area contributed by atoms with Crippen molar-refractivity contribution in [1.29, 1.82) is 0 Å². The Morgan fingerprint density at radius 3 is 2.67 bits per heavy atom. The molecule has 1 aromatic rings. The van der Waals surface area contributed by atoms with E-state index in [1.54, 1.807) is 13.8 Å². The standard InChI is InChI=1S/C15H21F2N3O4/c1-9-11(12-18-10(2)19-24-12)20(7-8-23-9)13(21)15(16,17)14(22)5-3-4-6-14/h9,11,22H,3-8H2,1-2H3/t9-,11+/m1/s1. The second-order valence-corrected chi connectivity index (χ2v) is 6.51. The first-order valence-corrected chi connectivity index (χ1v) is 8.09. The number of hydrogen-bond donors (Lipinski definition) is 1. The van der Waals surface area contributed by atoms with Crippen molar-refractivity contribution >= 4 is 5.91 Å². The zero-order chi connectivity index (χ0) is 17.5. The molecule has 1 amide bonds. The van der Waals surface area contributed by atoms with Gasteiger partial charge in [0.1, 0.15) is 11.6 Å². The third-order valence-corrected chi connectivity index (χ3v) is 4.83. The number of amides is 1. The van der Waals surface area contributed by atoms with Crippen LogP contribution in [-0.2, 0) is 9.53 Å². The van der Waals surface area contributed by atoms with Crippen LogP contribution in [0.1, 0.15) is 50.4 Å². The third kappa shape index (κ3) is 2.69. The smallest absolute Gasteiger partial charge is 0.352 e. The van der Waals surface area contributed by atoms with Gasteiger partial charge in [0.15, 0.2) is 5.82 Å². The first-order valence-electron chi connectivity index (χ1n) is 8.09. The molecule has 7 nitrogen and oxygen atoms in total. The van der Waals surface area contributed by atoms with Crippen molar-refractivity contribution in [2.24, 2.45) is 0 Å². The summed E-state index contributed by atoms with van der Waals surface area (Å²) in [4.78, 5) is 17.7. The summed E-state index contributed by atoms with van der Waals surface area (Å²) in [5, 5.41) is 13.9. The number of aromatic nitrogens is 2. The molecule has 134 valence electrons.